The van der Waals surface area contributed by atoms with Crippen LogP contribution in [0.1, 0.15) is 58.1 Å². The Morgan fingerprint density at radius 1 is 0.761 bits per heavy atom. The summed E-state index contributed by atoms with van der Waals surface area (Å²) in [5, 5.41) is 2.19. The maximum absolute atomic E-state index is 14.4. The summed E-state index contributed by atoms with van der Waals surface area (Å²) in [5.74, 6) is -10.4. The number of halogens is 10. The van der Waals surface area contributed by atoms with Crippen molar-refractivity contribution in [3.63, 3.8) is 0 Å². The smallest absolute Gasteiger partial charge is 0.419 e. The molecule has 4 rings (SSSR count). The lowest BCUT2D eigenvalue weighted by molar-refractivity contribution is -0.140. The summed E-state index contributed by atoms with van der Waals surface area (Å²) in [6, 6.07) is 14.0. The fourth-order valence-electron chi connectivity index (χ4n) is 4.13. The van der Waals surface area contributed by atoms with Crippen molar-refractivity contribution in [2.45, 2.75) is 51.4 Å². The van der Waals surface area contributed by atoms with Crippen LogP contribution in [0.3, 0.4) is 0 Å². The Morgan fingerprint density at radius 2 is 1.39 bits per heavy atom. The molecule has 246 valence electrons. The van der Waals surface area contributed by atoms with Crippen molar-refractivity contribution >= 4 is 5.91 Å². The molecular weight excluding hydrogens is 632 g/mol. The summed E-state index contributed by atoms with van der Waals surface area (Å²) in [5.41, 5.74) is -3.28. The molecule has 13 heteroatoms. The fraction of sp³-hybridized carbons (Fsp3) is 0.242. The van der Waals surface area contributed by atoms with Crippen molar-refractivity contribution in [3.05, 3.63) is 136 Å². The first-order chi connectivity index (χ1) is 21.4. The van der Waals surface area contributed by atoms with Crippen LogP contribution in [0, 0.1) is 24.4 Å². The topological polar surface area (TPSA) is 38.3 Å². The van der Waals surface area contributed by atoms with Crippen LogP contribution in [0.25, 0.3) is 0 Å². The minimum atomic E-state index is -5.17. The van der Waals surface area contributed by atoms with E-state index in [1.807, 2.05) is 18.2 Å². The molecule has 0 unspecified atom stereocenters. The standard InChI is InChI=1S/C26H19F10NO2.C7H8/c1-12(2)39-21-10-13(3-6-20(21)29)22(15-7-16(11-17(27)8-15)25(32,33)24(30)31)37-23(38)14-4-5-19(28)18(9-14)26(34,35)36;1-7-5-3-2-4-6-7/h3-12,22,24H,1-2H3,(H,37,38);2-6H,1H3/t22-;/m1./s1. The average molecular weight is 660 g/mol. The van der Waals surface area contributed by atoms with E-state index >= 15 is 0 Å². The highest BCUT2D eigenvalue weighted by molar-refractivity contribution is 5.95. The molecule has 0 heterocycles. The second-order valence-corrected chi connectivity index (χ2v) is 10.3. The molecule has 1 atom stereocenters. The number of hydrogen-bond acceptors (Lipinski definition) is 2. The first kappa shape index (κ1) is 35.9. The fourth-order valence-corrected chi connectivity index (χ4v) is 4.13. The van der Waals surface area contributed by atoms with Gasteiger partial charge in [-0.1, -0.05) is 42.0 Å². The molecule has 1 amide bonds. The van der Waals surface area contributed by atoms with Crippen LogP contribution in [0.15, 0.2) is 84.9 Å². The predicted octanol–water partition coefficient (Wildman–Crippen LogP) is 9.78. The zero-order chi connectivity index (χ0) is 34.4. The second kappa shape index (κ2) is 14.7. The second-order valence-electron chi connectivity index (χ2n) is 10.3. The van der Waals surface area contributed by atoms with Crippen LogP contribution in [0.2, 0.25) is 0 Å². The molecule has 0 aliphatic rings. The van der Waals surface area contributed by atoms with Crippen LogP contribution in [-0.4, -0.2) is 18.4 Å². The van der Waals surface area contributed by atoms with E-state index in [1.165, 1.54) is 5.56 Å². The number of alkyl halides is 7. The molecular formula is C33H27F10NO2. The van der Waals surface area contributed by atoms with Gasteiger partial charge in [0.2, 0.25) is 0 Å². The normalized spacial score (nSPS) is 12.4. The molecule has 0 aliphatic carbocycles. The highest BCUT2D eigenvalue weighted by Crippen LogP contribution is 2.38. The van der Waals surface area contributed by atoms with Crippen LogP contribution in [-0.2, 0) is 12.1 Å². The summed E-state index contributed by atoms with van der Waals surface area (Å²) in [7, 11) is 0. The third kappa shape index (κ3) is 9.24. The summed E-state index contributed by atoms with van der Waals surface area (Å²) in [6.45, 7) is 5.17. The predicted molar refractivity (Wildman–Crippen MR) is 150 cm³/mol. The number of benzene rings is 4. The van der Waals surface area contributed by atoms with Crippen molar-refractivity contribution < 1.29 is 53.4 Å². The van der Waals surface area contributed by atoms with Crippen molar-refractivity contribution in [2.24, 2.45) is 0 Å². The van der Waals surface area contributed by atoms with Crippen LogP contribution >= 0.6 is 0 Å². The number of carbonyl (C=O) groups excluding carboxylic acids is 1. The molecule has 0 bridgehead atoms. The van der Waals surface area contributed by atoms with Gasteiger partial charge in [0.05, 0.1) is 17.7 Å². The highest BCUT2D eigenvalue weighted by atomic mass is 19.4. The van der Waals surface area contributed by atoms with Crippen LogP contribution < -0.4 is 10.1 Å². The Morgan fingerprint density at radius 3 is 1.93 bits per heavy atom. The molecule has 4 aromatic carbocycles. The first-order valence-electron chi connectivity index (χ1n) is 13.5. The Labute approximate surface area is 257 Å². The molecule has 0 fully saturated rings. The number of rotatable bonds is 8. The van der Waals surface area contributed by atoms with E-state index in [-0.39, 0.29) is 23.4 Å². The van der Waals surface area contributed by atoms with E-state index in [9.17, 15) is 48.7 Å². The molecule has 0 spiro atoms. The summed E-state index contributed by atoms with van der Waals surface area (Å²) in [6.07, 6.45) is -9.96. The SMILES string of the molecule is CC(C)Oc1cc([C@@H](NC(=O)c2ccc(F)c(C(F)(F)F)c2)c2cc(F)cc(C(F)(F)C(F)F)c2)ccc1F.Cc1ccccc1. The number of ether oxygens (including phenoxy) is 1. The number of nitrogens with one attached hydrogen (secondary N) is 1. The Hall–Kier alpha value is -4.55. The summed E-state index contributed by atoms with van der Waals surface area (Å²) in [4.78, 5) is 12.9. The Balaban J connectivity index is 0.000000724. The van der Waals surface area contributed by atoms with Gasteiger partial charge >= 0.3 is 18.5 Å². The van der Waals surface area contributed by atoms with Gasteiger partial charge in [0.15, 0.2) is 11.6 Å². The van der Waals surface area contributed by atoms with Gasteiger partial charge in [-0.15, -0.1) is 0 Å². The lowest BCUT2D eigenvalue weighted by Gasteiger charge is -2.24. The number of hydrogen-bond donors (Lipinski definition) is 1. The van der Waals surface area contributed by atoms with E-state index in [4.69, 9.17) is 4.74 Å². The number of carbonyl (C=O) groups is 1. The van der Waals surface area contributed by atoms with E-state index < -0.39 is 76.3 Å². The van der Waals surface area contributed by atoms with Crippen molar-refractivity contribution in [2.75, 3.05) is 0 Å². The van der Waals surface area contributed by atoms with Gasteiger partial charge in [0.25, 0.3) is 5.91 Å². The monoisotopic (exact) mass is 659 g/mol. The van der Waals surface area contributed by atoms with Gasteiger partial charge in [0, 0.05) is 11.1 Å². The van der Waals surface area contributed by atoms with Gasteiger partial charge in [-0.3, -0.25) is 4.79 Å². The molecule has 0 saturated carbocycles. The summed E-state index contributed by atoms with van der Waals surface area (Å²) < 4.78 is 141. The molecule has 3 nitrogen and oxygen atoms in total. The number of amides is 1. The average Bonchev–Trinajstić information content (AvgIpc) is 2.96. The Bertz CT molecular complexity index is 1640. The molecule has 1 N–H and O–H groups in total. The maximum Gasteiger partial charge on any atom is 0.419 e. The zero-order valence-corrected chi connectivity index (χ0v) is 24.4. The third-order valence-electron chi connectivity index (χ3n) is 6.31. The van der Waals surface area contributed by atoms with Crippen molar-refractivity contribution in [3.8, 4) is 5.75 Å². The largest absolute Gasteiger partial charge is 0.488 e. The molecule has 0 radical (unpaired) electrons. The molecule has 0 aromatic heterocycles. The minimum Gasteiger partial charge on any atom is -0.488 e. The third-order valence-corrected chi connectivity index (χ3v) is 6.31. The molecule has 46 heavy (non-hydrogen) atoms. The minimum absolute atomic E-state index is 0.129. The molecule has 0 aliphatic heterocycles. The van der Waals surface area contributed by atoms with Crippen molar-refractivity contribution in [1.29, 1.82) is 0 Å². The van der Waals surface area contributed by atoms with Gasteiger partial charge in [-0.25, -0.2) is 22.0 Å². The molecule has 0 saturated heterocycles. The first-order valence-corrected chi connectivity index (χ1v) is 13.5. The van der Waals surface area contributed by atoms with Gasteiger partial charge in [0.1, 0.15) is 11.6 Å². The van der Waals surface area contributed by atoms with E-state index in [1.54, 1.807) is 13.8 Å². The molecule has 4 aromatic rings. The van der Waals surface area contributed by atoms with Gasteiger partial charge in [-0.2, -0.15) is 22.0 Å². The van der Waals surface area contributed by atoms with E-state index in [2.05, 4.69) is 24.4 Å². The van der Waals surface area contributed by atoms with Crippen LogP contribution in [0.5, 0.6) is 5.75 Å². The van der Waals surface area contributed by atoms with E-state index in [0.29, 0.717) is 24.3 Å². The maximum atomic E-state index is 14.4. The van der Waals surface area contributed by atoms with Gasteiger partial charge in [-0.05, 0) is 80.4 Å². The lowest BCUT2D eigenvalue weighted by Crippen LogP contribution is -2.31. The van der Waals surface area contributed by atoms with Crippen molar-refractivity contribution in [1.82, 2.24) is 5.32 Å². The zero-order valence-electron chi connectivity index (χ0n) is 24.4. The Kier molecular flexibility index (Phi) is 11.5. The lowest BCUT2D eigenvalue weighted by atomic mass is 9.94. The van der Waals surface area contributed by atoms with E-state index in [0.717, 1.165) is 18.2 Å². The summed E-state index contributed by atoms with van der Waals surface area (Å²) >= 11 is 0. The van der Waals surface area contributed by atoms with Gasteiger partial charge < -0.3 is 10.1 Å². The highest BCUT2D eigenvalue weighted by Gasteiger charge is 2.43. The number of aryl methyl sites for hydroxylation is 1. The quantitative estimate of drug-likeness (QED) is 0.191. The van der Waals surface area contributed by atoms with Crippen LogP contribution in [0.4, 0.5) is 43.9 Å².